The van der Waals surface area contributed by atoms with Gasteiger partial charge in [0.25, 0.3) is 5.91 Å². The Morgan fingerprint density at radius 3 is 2.48 bits per heavy atom. The molecule has 1 amide bonds. The number of amides is 1. The fourth-order valence-electron chi connectivity index (χ4n) is 2.64. The Balaban J connectivity index is 1.93. The van der Waals surface area contributed by atoms with Crippen LogP contribution in [0.3, 0.4) is 0 Å². The smallest absolute Gasteiger partial charge is 0.378 e. The molecule has 0 fully saturated rings. The normalized spacial score (nSPS) is 11.4. The zero-order chi connectivity index (χ0) is 21.3. The molecule has 3 aromatic rings. The zero-order valence-electron chi connectivity index (χ0n) is 15.8. The average molecular weight is 424 g/mol. The van der Waals surface area contributed by atoms with Gasteiger partial charge in [-0.25, -0.2) is 0 Å². The van der Waals surface area contributed by atoms with E-state index in [0.29, 0.717) is 16.4 Å². The van der Waals surface area contributed by atoms with Gasteiger partial charge in [-0.1, -0.05) is 17.7 Å². The van der Waals surface area contributed by atoms with Gasteiger partial charge in [-0.05, 0) is 43.3 Å². The molecule has 2 aromatic carbocycles. The van der Waals surface area contributed by atoms with Crippen LogP contribution in [-0.4, -0.2) is 35.0 Å². The molecule has 152 valence electrons. The number of halogens is 4. The molecule has 0 bridgehead atoms. The van der Waals surface area contributed by atoms with E-state index in [4.69, 9.17) is 11.6 Å². The molecule has 3 rings (SSSR count). The monoisotopic (exact) mass is 423 g/mol. The van der Waals surface area contributed by atoms with Crippen molar-refractivity contribution in [3.8, 4) is 5.69 Å². The molecule has 0 saturated carbocycles. The van der Waals surface area contributed by atoms with Gasteiger partial charge >= 0.3 is 6.18 Å². The number of benzene rings is 2. The van der Waals surface area contributed by atoms with E-state index in [0.717, 1.165) is 6.07 Å². The summed E-state index contributed by atoms with van der Waals surface area (Å²) in [5, 5.41) is 11.0. The van der Waals surface area contributed by atoms with Gasteiger partial charge < -0.3 is 10.2 Å². The first kappa shape index (κ1) is 20.7. The summed E-state index contributed by atoms with van der Waals surface area (Å²) >= 11 is 5.95. The lowest BCUT2D eigenvalue weighted by Crippen LogP contribution is -2.19. The number of carbonyl (C=O) groups is 1. The maximum Gasteiger partial charge on any atom is 0.418 e. The van der Waals surface area contributed by atoms with E-state index in [1.165, 1.54) is 16.9 Å². The standard InChI is InChI=1S/C19H17ClF3N5O/c1-11-17(26-28(25-11)14-6-4-5-12(20)9-14)18(29)24-16-8-7-13(27(2)3)10-15(16)19(21,22)23/h4-10H,1-3H3,(H,24,29). The van der Waals surface area contributed by atoms with Crippen molar-refractivity contribution in [2.24, 2.45) is 0 Å². The fraction of sp³-hybridized carbons (Fsp3) is 0.211. The van der Waals surface area contributed by atoms with Gasteiger partial charge in [0, 0.05) is 24.8 Å². The van der Waals surface area contributed by atoms with E-state index >= 15 is 0 Å². The highest BCUT2D eigenvalue weighted by molar-refractivity contribution is 6.30. The Bertz CT molecular complexity index is 1060. The quantitative estimate of drug-likeness (QED) is 0.668. The summed E-state index contributed by atoms with van der Waals surface area (Å²) in [7, 11) is 3.26. The number of hydrogen-bond donors (Lipinski definition) is 1. The molecule has 6 nitrogen and oxygen atoms in total. The summed E-state index contributed by atoms with van der Waals surface area (Å²) in [5.74, 6) is -0.793. The van der Waals surface area contributed by atoms with E-state index in [9.17, 15) is 18.0 Å². The van der Waals surface area contributed by atoms with Crippen molar-refractivity contribution in [2.45, 2.75) is 13.1 Å². The van der Waals surface area contributed by atoms with Crippen LogP contribution in [0.1, 0.15) is 21.7 Å². The summed E-state index contributed by atoms with van der Waals surface area (Å²) in [4.78, 5) is 15.4. The first-order chi connectivity index (χ1) is 13.6. The van der Waals surface area contributed by atoms with E-state index in [1.54, 1.807) is 50.2 Å². The van der Waals surface area contributed by atoms with E-state index in [-0.39, 0.29) is 17.1 Å². The average Bonchev–Trinajstić information content (AvgIpc) is 3.03. The number of aromatic nitrogens is 3. The van der Waals surface area contributed by atoms with Gasteiger partial charge in [-0.15, -0.1) is 5.10 Å². The Kier molecular flexibility index (Phi) is 5.52. The third-order valence-corrected chi connectivity index (χ3v) is 4.34. The second-order valence-corrected chi connectivity index (χ2v) is 6.92. The highest BCUT2D eigenvalue weighted by Crippen LogP contribution is 2.37. The molecular formula is C19H17ClF3N5O. The minimum absolute atomic E-state index is 0.0882. The summed E-state index contributed by atoms with van der Waals surface area (Å²) in [6.45, 7) is 1.54. The van der Waals surface area contributed by atoms with Crippen molar-refractivity contribution < 1.29 is 18.0 Å². The number of aryl methyl sites for hydroxylation is 1. The van der Waals surface area contributed by atoms with Crippen molar-refractivity contribution in [1.29, 1.82) is 0 Å². The van der Waals surface area contributed by atoms with E-state index < -0.39 is 17.6 Å². The molecule has 0 aliphatic rings. The number of hydrogen-bond acceptors (Lipinski definition) is 4. The first-order valence-electron chi connectivity index (χ1n) is 8.46. The number of nitrogens with one attached hydrogen (secondary N) is 1. The number of nitrogens with zero attached hydrogens (tertiary/aromatic N) is 4. The topological polar surface area (TPSA) is 63.1 Å². The molecular weight excluding hydrogens is 407 g/mol. The summed E-state index contributed by atoms with van der Waals surface area (Å²) in [5.41, 5.74) is -0.248. The van der Waals surface area contributed by atoms with Crippen LogP contribution >= 0.6 is 11.6 Å². The molecule has 0 atom stereocenters. The predicted octanol–water partition coefficient (Wildman–Crippen LogP) is 4.57. The molecule has 10 heteroatoms. The lowest BCUT2D eigenvalue weighted by atomic mass is 10.1. The van der Waals surface area contributed by atoms with Crippen molar-refractivity contribution in [3.05, 3.63) is 64.4 Å². The lowest BCUT2D eigenvalue weighted by molar-refractivity contribution is -0.136. The summed E-state index contributed by atoms with van der Waals surface area (Å²) in [6, 6.07) is 10.3. The van der Waals surface area contributed by atoms with Crippen LogP contribution in [0.15, 0.2) is 42.5 Å². The van der Waals surface area contributed by atoms with Gasteiger partial charge in [-0.2, -0.15) is 23.1 Å². The second-order valence-electron chi connectivity index (χ2n) is 6.48. The van der Waals surface area contributed by atoms with Gasteiger partial charge in [0.1, 0.15) is 0 Å². The fourth-order valence-corrected chi connectivity index (χ4v) is 2.82. The van der Waals surface area contributed by atoms with Crippen LogP contribution in [0, 0.1) is 6.92 Å². The molecule has 0 aliphatic heterocycles. The summed E-state index contributed by atoms with van der Waals surface area (Å²) in [6.07, 6.45) is -4.64. The number of alkyl halides is 3. The first-order valence-corrected chi connectivity index (χ1v) is 8.84. The largest absolute Gasteiger partial charge is 0.418 e. The van der Waals surface area contributed by atoms with Crippen LogP contribution < -0.4 is 10.2 Å². The van der Waals surface area contributed by atoms with Crippen LogP contribution in [0.2, 0.25) is 5.02 Å². The van der Waals surface area contributed by atoms with Crippen molar-refractivity contribution in [2.75, 3.05) is 24.3 Å². The van der Waals surface area contributed by atoms with Crippen LogP contribution in [0.4, 0.5) is 24.5 Å². The molecule has 1 aromatic heterocycles. The zero-order valence-corrected chi connectivity index (χ0v) is 16.5. The molecule has 1 heterocycles. The molecule has 0 aliphatic carbocycles. The minimum atomic E-state index is -4.64. The third-order valence-electron chi connectivity index (χ3n) is 4.11. The Morgan fingerprint density at radius 2 is 1.86 bits per heavy atom. The maximum absolute atomic E-state index is 13.5. The van der Waals surface area contributed by atoms with Gasteiger partial charge in [0.05, 0.1) is 22.6 Å². The molecule has 0 unspecified atom stereocenters. The molecule has 1 N–H and O–H groups in total. The highest BCUT2D eigenvalue weighted by Gasteiger charge is 2.35. The maximum atomic E-state index is 13.5. The predicted molar refractivity (Wildman–Crippen MR) is 105 cm³/mol. The van der Waals surface area contributed by atoms with Gasteiger partial charge in [-0.3, -0.25) is 4.79 Å². The van der Waals surface area contributed by atoms with E-state index in [2.05, 4.69) is 15.5 Å². The van der Waals surface area contributed by atoms with Gasteiger partial charge in [0.15, 0.2) is 5.69 Å². The van der Waals surface area contributed by atoms with Crippen LogP contribution in [-0.2, 0) is 6.18 Å². The van der Waals surface area contributed by atoms with Crippen molar-refractivity contribution in [3.63, 3.8) is 0 Å². The van der Waals surface area contributed by atoms with E-state index in [1.807, 2.05) is 0 Å². The van der Waals surface area contributed by atoms with Crippen LogP contribution in [0.25, 0.3) is 5.69 Å². The molecule has 29 heavy (non-hydrogen) atoms. The Labute approximate surface area is 169 Å². The SMILES string of the molecule is Cc1nn(-c2cccc(Cl)c2)nc1C(=O)Nc1ccc(N(C)C)cc1C(F)(F)F. The van der Waals surface area contributed by atoms with Crippen molar-refractivity contribution in [1.82, 2.24) is 15.0 Å². The third kappa shape index (κ3) is 4.51. The highest BCUT2D eigenvalue weighted by atomic mass is 35.5. The summed E-state index contributed by atoms with van der Waals surface area (Å²) < 4.78 is 40.4. The molecule has 0 spiro atoms. The Morgan fingerprint density at radius 1 is 1.14 bits per heavy atom. The van der Waals surface area contributed by atoms with Gasteiger partial charge in [0.2, 0.25) is 0 Å². The van der Waals surface area contributed by atoms with Crippen LogP contribution in [0.5, 0.6) is 0 Å². The number of rotatable bonds is 4. The lowest BCUT2D eigenvalue weighted by Gasteiger charge is -2.18. The number of carbonyl (C=O) groups excluding carboxylic acids is 1. The second kappa shape index (κ2) is 7.75. The van der Waals surface area contributed by atoms with Crippen molar-refractivity contribution >= 4 is 28.9 Å². The molecule has 0 radical (unpaired) electrons. The molecule has 0 saturated heterocycles. The Hall–Kier alpha value is -3.07. The minimum Gasteiger partial charge on any atom is -0.378 e. The number of anilines is 2.